The van der Waals surface area contributed by atoms with E-state index in [4.69, 9.17) is 14.0 Å². The monoisotopic (exact) mass is 508 g/mol. The number of hydrogen-bond acceptors (Lipinski definition) is 6. The Kier molecular flexibility index (Phi) is 8.60. The van der Waals surface area contributed by atoms with Crippen molar-refractivity contribution in [3.05, 3.63) is 78.4 Å². The molecule has 0 spiro atoms. The zero-order valence-electron chi connectivity index (χ0n) is 21.6. The number of nitrogens with one attached hydrogen (secondary N) is 1. The van der Waals surface area contributed by atoms with E-state index in [-0.39, 0.29) is 6.10 Å². The van der Waals surface area contributed by atoms with Crippen molar-refractivity contribution in [2.75, 3.05) is 38.5 Å². The van der Waals surface area contributed by atoms with Gasteiger partial charge in [-0.25, -0.2) is 0 Å². The molecule has 1 fully saturated rings. The van der Waals surface area contributed by atoms with Crippen molar-refractivity contribution in [2.24, 2.45) is 0 Å². The molecular formula is C29H37N2O4P. The summed E-state index contributed by atoms with van der Waals surface area (Å²) in [6, 6.07) is 23.3. The minimum Gasteiger partial charge on any atom is -0.497 e. The molecule has 36 heavy (non-hydrogen) atoms. The molecule has 3 aromatic carbocycles. The Hall–Kier alpha value is -2.95. The second-order valence-electron chi connectivity index (χ2n) is 9.39. The molecule has 0 aromatic heterocycles. The second-order valence-corrected chi connectivity index (χ2v) is 11.8. The van der Waals surface area contributed by atoms with Crippen LogP contribution in [-0.2, 0) is 9.09 Å². The third kappa shape index (κ3) is 5.88. The van der Waals surface area contributed by atoms with Crippen molar-refractivity contribution in [3.63, 3.8) is 0 Å². The van der Waals surface area contributed by atoms with Crippen LogP contribution >= 0.6 is 7.37 Å². The summed E-state index contributed by atoms with van der Waals surface area (Å²) in [5.41, 5.74) is 2.66. The number of hydrogen-bond donors (Lipinski definition) is 1. The lowest BCUT2D eigenvalue weighted by molar-refractivity contribution is 0.159. The van der Waals surface area contributed by atoms with Gasteiger partial charge < -0.3 is 24.2 Å². The average molecular weight is 509 g/mol. The minimum absolute atomic E-state index is 0.0533. The summed E-state index contributed by atoms with van der Waals surface area (Å²) < 4.78 is 33.2. The first kappa shape index (κ1) is 26.1. The van der Waals surface area contributed by atoms with Gasteiger partial charge in [-0.3, -0.25) is 4.57 Å². The Morgan fingerprint density at radius 1 is 0.889 bits per heavy atom. The van der Waals surface area contributed by atoms with Crippen molar-refractivity contribution in [2.45, 2.75) is 44.0 Å². The fourth-order valence-electron chi connectivity index (χ4n) is 4.70. The summed E-state index contributed by atoms with van der Waals surface area (Å²) in [5.74, 6) is 0.612. The van der Waals surface area contributed by atoms with E-state index in [0.717, 1.165) is 42.6 Å². The predicted octanol–water partition coefficient (Wildman–Crippen LogP) is 6.83. The average Bonchev–Trinajstić information content (AvgIpc) is 2.92. The van der Waals surface area contributed by atoms with E-state index in [1.807, 2.05) is 91.8 Å². The molecule has 2 atom stereocenters. The van der Waals surface area contributed by atoms with E-state index < -0.39 is 13.2 Å². The number of para-hydroxylation sites is 1. The zero-order chi connectivity index (χ0) is 25.5. The molecule has 7 heteroatoms. The van der Waals surface area contributed by atoms with E-state index in [1.54, 1.807) is 14.2 Å². The van der Waals surface area contributed by atoms with Gasteiger partial charge in [0.2, 0.25) is 0 Å². The van der Waals surface area contributed by atoms with Gasteiger partial charge in [-0.05, 0) is 61.4 Å². The highest BCUT2D eigenvalue weighted by Crippen LogP contribution is 2.62. The number of methoxy groups -OCH3 is 2. The standard InChI is InChI=1S/C29H37N2O4P/c1-31(2)23-15-18-26(19-16-23)36(32,35-24-13-9-6-10-14-24)29(30-22-11-7-5-8-12-22)27-20-17-25(33-3)21-28(27)34-4/h5,7-8,11-12,15-21,24,29-30H,6,9-10,13-14H2,1-4H3. The maximum absolute atomic E-state index is 15.3. The van der Waals surface area contributed by atoms with Crippen LogP contribution in [0.2, 0.25) is 0 Å². The number of nitrogens with zero attached hydrogens (tertiary/aromatic N) is 1. The van der Waals surface area contributed by atoms with Crippen LogP contribution in [0.3, 0.4) is 0 Å². The highest BCUT2D eigenvalue weighted by molar-refractivity contribution is 7.67. The molecule has 0 aliphatic heterocycles. The van der Waals surface area contributed by atoms with Gasteiger partial charge in [0.15, 0.2) is 0 Å². The van der Waals surface area contributed by atoms with Crippen LogP contribution in [0.5, 0.6) is 11.5 Å². The van der Waals surface area contributed by atoms with E-state index in [9.17, 15) is 0 Å². The van der Waals surface area contributed by atoms with Crippen LogP contribution in [0.25, 0.3) is 0 Å². The molecule has 0 heterocycles. The molecule has 0 saturated heterocycles. The fourth-order valence-corrected chi connectivity index (χ4v) is 7.36. The summed E-state index contributed by atoms with van der Waals surface area (Å²) >= 11 is 0. The van der Waals surface area contributed by atoms with Crippen LogP contribution in [-0.4, -0.2) is 34.4 Å². The van der Waals surface area contributed by atoms with Crippen LogP contribution in [0.15, 0.2) is 72.8 Å². The molecule has 3 aromatic rings. The molecule has 1 aliphatic carbocycles. The largest absolute Gasteiger partial charge is 0.497 e. The van der Waals surface area contributed by atoms with E-state index in [0.29, 0.717) is 16.8 Å². The first-order chi connectivity index (χ1) is 17.4. The lowest BCUT2D eigenvalue weighted by Crippen LogP contribution is -2.26. The van der Waals surface area contributed by atoms with Crippen LogP contribution in [0.1, 0.15) is 43.5 Å². The van der Waals surface area contributed by atoms with Crippen molar-refractivity contribution in [1.82, 2.24) is 0 Å². The molecule has 192 valence electrons. The molecule has 0 bridgehead atoms. The summed E-state index contributed by atoms with van der Waals surface area (Å²) in [7, 11) is 3.73. The van der Waals surface area contributed by atoms with Gasteiger partial charge in [-0.15, -0.1) is 0 Å². The Morgan fingerprint density at radius 3 is 2.19 bits per heavy atom. The number of benzene rings is 3. The number of anilines is 2. The first-order valence-corrected chi connectivity index (χ1v) is 14.2. The lowest BCUT2D eigenvalue weighted by Gasteiger charge is -2.34. The highest BCUT2D eigenvalue weighted by Gasteiger charge is 2.41. The zero-order valence-corrected chi connectivity index (χ0v) is 22.5. The number of rotatable bonds is 10. The van der Waals surface area contributed by atoms with E-state index in [1.165, 1.54) is 6.42 Å². The maximum Gasteiger partial charge on any atom is 0.258 e. The van der Waals surface area contributed by atoms with Crippen LogP contribution in [0, 0.1) is 0 Å². The Morgan fingerprint density at radius 2 is 1.58 bits per heavy atom. The topological polar surface area (TPSA) is 60.0 Å². The molecule has 6 nitrogen and oxygen atoms in total. The fraction of sp³-hybridized carbons (Fsp3) is 0.379. The third-order valence-corrected chi connectivity index (χ3v) is 9.45. The summed E-state index contributed by atoms with van der Waals surface area (Å²) in [6.07, 6.45) is 5.15. The van der Waals surface area contributed by atoms with Crippen LogP contribution in [0.4, 0.5) is 11.4 Å². The molecule has 0 radical (unpaired) electrons. The minimum atomic E-state index is -3.50. The van der Waals surface area contributed by atoms with Gasteiger partial charge in [-0.1, -0.05) is 37.5 Å². The maximum atomic E-state index is 15.3. The Labute approximate surface area is 215 Å². The SMILES string of the molecule is COc1ccc(C(Nc2ccccc2)P(=O)(OC2CCCCC2)c2ccc(N(C)C)cc2)c(OC)c1. The van der Waals surface area contributed by atoms with Crippen molar-refractivity contribution < 1.29 is 18.6 Å². The van der Waals surface area contributed by atoms with Gasteiger partial charge in [0, 0.05) is 42.4 Å². The van der Waals surface area contributed by atoms with Gasteiger partial charge in [0.1, 0.15) is 17.3 Å². The molecule has 4 rings (SSSR count). The Bertz CT molecular complexity index is 1160. The number of ether oxygens (including phenoxy) is 2. The molecule has 1 saturated carbocycles. The predicted molar refractivity (Wildman–Crippen MR) is 148 cm³/mol. The molecule has 0 amide bonds. The molecular weight excluding hydrogens is 471 g/mol. The summed E-state index contributed by atoms with van der Waals surface area (Å²) in [6.45, 7) is 0. The van der Waals surface area contributed by atoms with Gasteiger partial charge in [0.25, 0.3) is 7.37 Å². The van der Waals surface area contributed by atoms with Crippen molar-refractivity contribution >= 4 is 24.0 Å². The quantitative estimate of drug-likeness (QED) is 0.303. The lowest BCUT2D eigenvalue weighted by atomic mass is 9.98. The third-order valence-electron chi connectivity index (χ3n) is 6.74. The van der Waals surface area contributed by atoms with E-state index in [2.05, 4.69) is 5.32 Å². The summed E-state index contributed by atoms with van der Waals surface area (Å²) in [4.78, 5) is 2.03. The van der Waals surface area contributed by atoms with E-state index >= 15 is 4.57 Å². The van der Waals surface area contributed by atoms with Gasteiger partial charge in [-0.2, -0.15) is 0 Å². The molecule has 1 N–H and O–H groups in total. The van der Waals surface area contributed by atoms with Crippen LogP contribution < -0.4 is 25.0 Å². The first-order valence-electron chi connectivity index (χ1n) is 12.5. The smallest absolute Gasteiger partial charge is 0.258 e. The second kappa shape index (κ2) is 11.9. The Balaban J connectivity index is 1.87. The van der Waals surface area contributed by atoms with Gasteiger partial charge in [0.05, 0.1) is 20.3 Å². The van der Waals surface area contributed by atoms with Crippen molar-refractivity contribution in [3.8, 4) is 11.5 Å². The van der Waals surface area contributed by atoms with Crippen molar-refractivity contribution in [1.29, 1.82) is 0 Å². The highest BCUT2D eigenvalue weighted by atomic mass is 31.2. The summed E-state index contributed by atoms with van der Waals surface area (Å²) in [5, 5.41) is 4.24. The molecule has 1 aliphatic rings. The van der Waals surface area contributed by atoms with Gasteiger partial charge >= 0.3 is 0 Å². The normalized spacial score (nSPS) is 16.6. The molecule has 2 unspecified atom stereocenters.